The highest BCUT2D eigenvalue weighted by atomic mass is 35.5. The molecule has 0 unspecified atom stereocenters. The smallest absolute Gasteiger partial charge is 0.204 e. The molecule has 3 rings (SSSR count). The molecule has 0 spiro atoms. The third-order valence-corrected chi connectivity index (χ3v) is 6.94. The van der Waals surface area contributed by atoms with Gasteiger partial charge in [-0.05, 0) is 61.4 Å². The van der Waals surface area contributed by atoms with Gasteiger partial charge in [-0.2, -0.15) is 21.6 Å². The monoisotopic (exact) mass is 481 g/mol. The summed E-state index contributed by atoms with van der Waals surface area (Å²) in [6.45, 7) is 3.14. The fourth-order valence-electron chi connectivity index (χ4n) is 2.39. The lowest BCUT2D eigenvalue weighted by Gasteiger charge is -2.07. The van der Waals surface area contributed by atoms with E-state index in [0.717, 1.165) is 4.68 Å². The standard InChI is InChI=1S/C17H12Cl2F3N3O2S2/c1-9-8-14(10(2)7-13(9)19)29(26,27)24-16-25(12-5-3-11(18)4-6-12)23-15(28-16)17(20,21)22/h3-8H,1-2H3/b24-16-. The van der Waals surface area contributed by atoms with Crippen LogP contribution in [0.25, 0.3) is 5.69 Å². The average molecular weight is 482 g/mol. The third-order valence-electron chi connectivity index (χ3n) is 3.81. The van der Waals surface area contributed by atoms with Gasteiger partial charge in [0.1, 0.15) is 0 Å². The van der Waals surface area contributed by atoms with E-state index in [1.807, 2.05) is 0 Å². The van der Waals surface area contributed by atoms with Crippen molar-refractivity contribution < 1.29 is 21.6 Å². The Hall–Kier alpha value is -1.88. The first-order chi connectivity index (χ1) is 13.4. The lowest BCUT2D eigenvalue weighted by atomic mass is 10.2. The molecule has 29 heavy (non-hydrogen) atoms. The normalized spacial score (nSPS) is 13.1. The number of hydrogen-bond acceptors (Lipinski definition) is 4. The molecule has 5 nitrogen and oxygen atoms in total. The highest BCUT2D eigenvalue weighted by Gasteiger charge is 2.36. The van der Waals surface area contributed by atoms with E-state index in [9.17, 15) is 21.6 Å². The minimum absolute atomic E-state index is 0.122. The molecule has 0 bridgehead atoms. The molecule has 0 atom stereocenters. The fourth-order valence-corrected chi connectivity index (χ4v) is 4.99. The summed E-state index contributed by atoms with van der Waals surface area (Å²) in [6.07, 6.45) is -4.76. The molecule has 0 fully saturated rings. The molecular formula is C17H12Cl2F3N3O2S2. The molecule has 0 saturated heterocycles. The Morgan fingerprint density at radius 1 is 1.07 bits per heavy atom. The first-order valence-electron chi connectivity index (χ1n) is 7.89. The van der Waals surface area contributed by atoms with E-state index in [4.69, 9.17) is 23.2 Å². The van der Waals surface area contributed by atoms with Crippen LogP contribution in [0.2, 0.25) is 10.0 Å². The summed E-state index contributed by atoms with van der Waals surface area (Å²) in [7, 11) is -4.33. The van der Waals surface area contributed by atoms with Gasteiger partial charge in [0.25, 0.3) is 10.0 Å². The van der Waals surface area contributed by atoms with Crippen LogP contribution in [-0.4, -0.2) is 18.2 Å². The van der Waals surface area contributed by atoms with Crippen LogP contribution in [0.3, 0.4) is 0 Å². The molecule has 0 saturated carbocycles. The van der Waals surface area contributed by atoms with E-state index in [0.29, 0.717) is 21.2 Å². The molecule has 0 aliphatic heterocycles. The summed E-state index contributed by atoms with van der Waals surface area (Å²) in [5.41, 5.74) is 0.999. The van der Waals surface area contributed by atoms with E-state index < -0.39 is 26.0 Å². The summed E-state index contributed by atoms with van der Waals surface area (Å²) >= 11 is 11.9. The summed E-state index contributed by atoms with van der Waals surface area (Å²) in [5, 5.41) is 3.00. The van der Waals surface area contributed by atoms with Gasteiger partial charge in [-0.3, -0.25) is 0 Å². The van der Waals surface area contributed by atoms with Gasteiger partial charge in [-0.1, -0.05) is 34.5 Å². The van der Waals surface area contributed by atoms with Crippen molar-refractivity contribution in [3.8, 4) is 5.69 Å². The molecule has 1 aromatic heterocycles. The van der Waals surface area contributed by atoms with Crippen LogP contribution in [0.5, 0.6) is 0 Å². The average Bonchev–Trinajstić information content (AvgIpc) is 3.02. The second-order valence-corrected chi connectivity index (χ2v) is 9.38. The minimum Gasteiger partial charge on any atom is -0.204 e. The largest absolute Gasteiger partial charge is 0.445 e. The van der Waals surface area contributed by atoms with Crippen molar-refractivity contribution in [2.24, 2.45) is 4.40 Å². The van der Waals surface area contributed by atoms with E-state index >= 15 is 0 Å². The quantitative estimate of drug-likeness (QED) is 0.518. The molecule has 12 heteroatoms. The number of nitrogens with zero attached hydrogens (tertiary/aromatic N) is 3. The first-order valence-corrected chi connectivity index (χ1v) is 10.9. The van der Waals surface area contributed by atoms with Crippen molar-refractivity contribution in [2.75, 3.05) is 0 Å². The Bertz CT molecular complexity index is 1250. The topological polar surface area (TPSA) is 64.3 Å². The zero-order valence-corrected chi connectivity index (χ0v) is 18.0. The zero-order chi connectivity index (χ0) is 21.6. The number of aromatic nitrogens is 2. The van der Waals surface area contributed by atoms with E-state index in [2.05, 4.69) is 9.50 Å². The summed E-state index contributed by atoms with van der Waals surface area (Å²) in [5.74, 6) is 0. The van der Waals surface area contributed by atoms with Gasteiger partial charge >= 0.3 is 6.18 Å². The second kappa shape index (κ2) is 7.75. The molecule has 3 aromatic rings. The molecular weight excluding hydrogens is 470 g/mol. The van der Waals surface area contributed by atoms with Crippen LogP contribution >= 0.6 is 34.5 Å². The predicted molar refractivity (Wildman–Crippen MR) is 105 cm³/mol. The highest BCUT2D eigenvalue weighted by molar-refractivity contribution is 7.90. The van der Waals surface area contributed by atoms with Crippen LogP contribution in [0.15, 0.2) is 45.7 Å². The van der Waals surface area contributed by atoms with Gasteiger partial charge in [-0.25, -0.2) is 4.68 Å². The number of halogens is 5. The Morgan fingerprint density at radius 3 is 2.28 bits per heavy atom. The van der Waals surface area contributed by atoms with Gasteiger partial charge in [0.05, 0.1) is 10.6 Å². The van der Waals surface area contributed by atoms with Crippen LogP contribution in [0.1, 0.15) is 16.1 Å². The van der Waals surface area contributed by atoms with Crippen LogP contribution in [0.4, 0.5) is 13.2 Å². The van der Waals surface area contributed by atoms with E-state index in [1.54, 1.807) is 6.92 Å². The van der Waals surface area contributed by atoms with Crippen molar-refractivity contribution >= 4 is 44.6 Å². The van der Waals surface area contributed by atoms with Crippen LogP contribution in [0, 0.1) is 13.8 Å². The number of sulfonamides is 1. The lowest BCUT2D eigenvalue weighted by Crippen LogP contribution is -2.17. The molecule has 1 heterocycles. The number of hydrogen-bond donors (Lipinski definition) is 0. The van der Waals surface area contributed by atoms with Gasteiger partial charge in [0.2, 0.25) is 9.81 Å². The van der Waals surface area contributed by atoms with Crippen LogP contribution in [-0.2, 0) is 16.2 Å². The summed E-state index contributed by atoms with van der Waals surface area (Å²) < 4.78 is 69.7. The highest BCUT2D eigenvalue weighted by Crippen LogP contribution is 2.30. The van der Waals surface area contributed by atoms with Crippen molar-refractivity contribution in [3.05, 3.63) is 67.4 Å². The molecule has 0 N–H and O–H groups in total. The van der Waals surface area contributed by atoms with Gasteiger partial charge < -0.3 is 0 Å². The maximum atomic E-state index is 13.2. The lowest BCUT2D eigenvalue weighted by molar-refractivity contribution is -0.138. The summed E-state index contributed by atoms with van der Waals surface area (Å²) in [6, 6.07) is 8.50. The maximum absolute atomic E-state index is 13.2. The van der Waals surface area contributed by atoms with Gasteiger partial charge in [-0.15, -0.1) is 9.50 Å². The Balaban J connectivity index is 2.26. The fraction of sp³-hybridized carbons (Fsp3) is 0.176. The predicted octanol–water partition coefficient (Wildman–Crippen LogP) is 5.17. The molecule has 0 aliphatic carbocycles. The molecule has 0 radical (unpaired) electrons. The van der Waals surface area contributed by atoms with Gasteiger partial charge in [0, 0.05) is 10.0 Å². The van der Waals surface area contributed by atoms with Crippen molar-refractivity contribution in [1.82, 2.24) is 9.78 Å². The van der Waals surface area contributed by atoms with E-state index in [1.165, 1.54) is 43.3 Å². The van der Waals surface area contributed by atoms with E-state index in [-0.39, 0.29) is 21.9 Å². The number of aryl methyl sites for hydroxylation is 2. The Labute approximate surface area is 178 Å². The summed E-state index contributed by atoms with van der Waals surface area (Å²) in [4.78, 5) is -0.601. The third kappa shape index (κ3) is 4.66. The van der Waals surface area contributed by atoms with Crippen molar-refractivity contribution in [2.45, 2.75) is 24.9 Å². The Kier molecular flexibility index (Phi) is 5.83. The van der Waals surface area contributed by atoms with Crippen molar-refractivity contribution in [3.63, 3.8) is 0 Å². The van der Waals surface area contributed by atoms with Crippen molar-refractivity contribution in [1.29, 1.82) is 0 Å². The maximum Gasteiger partial charge on any atom is 0.445 e. The Morgan fingerprint density at radius 2 is 1.69 bits per heavy atom. The number of alkyl halides is 3. The van der Waals surface area contributed by atoms with Gasteiger partial charge in [0.15, 0.2) is 0 Å². The zero-order valence-electron chi connectivity index (χ0n) is 14.8. The molecule has 2 aromatic carbocycles. The first kappa shape index (κ1) is 21.8. The SMILES string of the molecule is Cc1cc(S(=O)(=O)/N=c2\sc(C(F)(F)F)nn2-c2ccc(Cl)cc2)c(C)cc1Cl. The van der Waals surface area contributed by atoms with Crippen LogP contribution < -0.4 is 4.80 Å². The number of rotatable bonds is 3. The molecule has 0 aliphatic rings. The second-order valence-electron chi connectivity index (χ2n) is 6.01. The number of benzene rings is 2. The molecule has 154 valence electrons. The minimum atomic E-state index is -4.76. The molecule has 0 amide bonds.